The molecule has 0 atom stereocenters. The molecular weight excluding hydrogens is 234 g/mol. The summed E-state index contributed by atoms with van der Waals surface area (Å²) in [6.45, 7) is 5.34. The van der Waals surface area contributed by atoms with Crippen LogP contribution < -0.4 is 0 Å². The van der Waals surface area contributed by atoms with Gasteiger partial charge >= 0.3 is 0 Å². The quantitative estimate of drug-likeness (QED) is 0.576. The van der Waals surface area contributed by atoms with E-state index in [1.165, 1.54) is 0 Å². The van der Waals surface area contributed by atoms with E-state index in [0.29, 0.717) is 6.42 Å². The summed E-state index contributed by atoms with van der Waals surface area (Å²) in [5.41, 5.74) is -0.596. The zero-order chi connectivity index (χ0) is 12.5. The third-order valence-corrected chi connectivity index (χ3v) is 3.07. The Kier molecular flexibility index (Phi) is 3.68. The molecule has 0 aliphatic rings. The monoisotopic (exact) mass is 246 g/mol. The Hall–Kier alpha value is -0.960. The van der Waals surface area contributed by atoms with Crippen molar-refractivity contribution >= 4 is 17.4 Å². The van der Waals surface area contributed by atoms with Crippen molar-refractivity contribution in [2.24, 2.45) is 5.41 Å². The van der Waals surface area contributed by atoms with Gasteiger partial charge in [0.1, 0.15) is 0 Å². The molecule has 4 heteroatoms. The molecule has 0 saturated carbocycles. The number of halogens is 3. The van der Waals surface area contributed by atoms with Crippen LogP contribution in [-0.4, -0.2) is 5.78 Å². The molecule has 0 amide bonds. The fraction of sp³-hybridized carbons (Fsp3) is 0.417. The first-order chi connectivity index (χ1) is 7.29. The molecule has 0 radical (unpaired) electrons. The molecule has 0 heterocycles. The van der Waals surface area contributed by atoms with E-state index in [4.69, 9.17) is 11.6 Å². The Labute approximate surface area is 98.4 Å². The summed E-state index contributed by atoms with van der Waals surface area (Å²) in [4.78, 5) is 12.0. The number of rotatable bonds is 3. The molecule has 1 aromatic carbocycles. The van der Waals surface area contributed by atoms with Crippen molar-refractivity contribution in [3.8, 4) is 0 Å². The van der Waals surface area contributed by atoms with Crippen LogP contribution in [0.25, 0.3) is 0 Å². The Morgan fingerprint density at radius 1 is 1.31 bits per heavy atom. The van der Waals surface area contributed by atoms with Crippen LogP contribution in [0, 0.1) is 17.0 Å². The van der Waals surface area contributed by atoms with Gasteiger partial charge in [-0.2, -0.15) is 0 Å². The third-order valence-electron chi connectivity index (χ3n) is 2.75. The summed E-state index contributed by atoms with van der Waals surface area (Å²) in [5.74, 6) is -2.38. The first kappa shape index (κ1) is 13.1. The molecule has 1 rings (SSSR count). The summed E-state index contributed by atoms with van der Waals surface area (Å²) in [7, 11) is 0. The molecule has 88 valence electrons. The van der Waals surface area contributed by atoms with Crippen molar-refractivity contribution in [3.05, 3.63) is 34.4 Å². The molecule has 0 aliphatic carbocycles. The van der Waals surface area contributed by atoms with Crippen molar-refractivity contribution < 1.29 is 13.6 Å². The molecule has 0 spiro atoms. The van der Waals surface area contributed by atoms with Crippen molar-refractivity contribution in [1.82, 2.24) is 0 Å². The minimum atomic E-state index is -1.06. The smallest absolute Gasteiger partial charge is 0.170 e. The second-order valence-corrected chi connectivity index (χ2v) is 4.72. The van der Waals surface area contributed by atoms with E-state index in [1.54, 1.807) is 13.8 Å². The summed E-state index contributed by atoms with van der Waals surface area (Å²) in [6, 6.07) is 1.69. The second kappa shape index (κ2) is 4.50. The Morgan fingerprint density at radius 2 is 1.81 bits per heavy atom. The Morgan fingerprint density at radius 3 is 2.31 bits per heavy atom. The summed E-state index contributed by atoms with van der Waals surface area (Å²) in [5, 5.41) is -0.0505. The van der Waals surface area contributed by atoms with E-state index in [2.05, 4.69) is 0 Å². The first-order valence-electron chi connectivity index (χ1n) is 4.99. The highest BCUT2D eigenvalue weighted by Gasteiger charge is 2.29. The lowest BCUT2D eigenvalue weighted by molar-refractivity contribution is 0.0832. The van der Waals surface area contributed by atoms with Crippen LogP contribution in [0.5, 0.6) is 0 Å². The van der Waals surface area contributed by atoms with Gasteiger partial charge in [-0.05, 0) is 18.6 Å². The number of carbonyl (C=O) groups excluding carboxylic acids is 1. The standard InChI is InChI=1S/C12H13ClF2O/c1-4-12(2,3)11(16)7-5-9(14)10(15)6-8(7)13/h5-6H,4H2,1-3H3. The lowest BCUT2D eigenvalue weighted by Gasteiger charge is -2.21. The molecule has 0 saturated heterocycles. The first-order valence-corrected chi connectivity index (χ1v) is 5.36. The SMILES string of the molecule is CCC(C)(C)C(=O)c1cc(F)c(F)cc1Cl. The van der Waals surface area contributed by atoms with Crippen LogP contribution >= 0.6 is 11.6 Å². The normalized spacial score (nSPS) is 11.6. The molecule has 0 fully saturated rings. The molecule has 1 aromatic rings. The number of hydrogen-bond donors (Lipinski definition) is 0. The highest BCUT2D eigenvalue weighted by molar-refractivity contribution is 6.34. The number of carbonyl (C=O) groups is 1. The van der Waals surface area contributed by atoms with Gasteiger partial charge in [-0.1, -0.05) is 32.4 Å². The van der Waals surface area contributed by atoms with E-state index in [9.17, 15) is 13.6 Å². The number of hydrogen-bond acceptors (Lipinski definition) is 1. The van der Waals surface area contributed by atoms with Crippen molar-refractivity contribution in [2.75, 3.05) is 0 Å². The Bertz CT molecular complexity index is 427. The fourth-order valence-electron chi connectivity index (χ4n) is 1.22. The van der Waals surface area contributed by atoms with Gasteiger partial charge < -0.3 is 0 Å². The zero-order valence-corrected chi connectivity index (χ0v) is 10.2. The Balaban J connectivity index is 3.25. The third kappa shape index (κ3) is 2.40. The topological polar surface area (TPSA) is 17.1 Å². The molecule has 0 aliphatic heterocycles. The molecule has 0 bridgehead atoms. The average Bonchev–Trinajstić information content (AvgIpc) is 2.22. The van der Waals surface area contributed by atoms with E-state index < -0.39 is 17.0 Å². The van der Waals surface area contributed by atoms with Gasteiger partial charge in [-0.3, -0.25) is 4.79 Å². The predicted octanol–water partition coefficient (Wildman–Crippen LogP) is 4.24. The van der Waals surface area contributed by atoms with E-state index in [0.717, 1.165) is 12.1 Å². The van der Waals surface area contributed by atoms with Gasteiger partial charge in [0.2, 0.25) is 0 Å². The van der Waals surface area contributed by atoms with Crippen LogP contribution in [0.15, 0.2) is 12.1 Å². The summed E-state index contributed by atoms with van der Waals surface area (Å²) >= 11 is 5.73. The number of ketones is 1. The highest BCUT2D eigenvalue weighted by atomic mass is 35.5. The predicted molar refractivity (Wildman–Crippen MR) is 59.8 cm³/mol. The minimum absolute atomic E-state index is 0.0346. The molecule has 16 heavy (non-hydrogen) atoms. The summed E-state index contributed by atoms with van der Waals surface area (Å²) < 4.78 is 25.9. The number of benzene rings is 1. The van der Waals surface area contributed by atoms with Gasteiger partial charge in [0.25, 0.3) is 0 Å². The van der Waals surface area contributed by atoms with Crippen molar-refractivity contribution in [3.63, 3.8) is 0 Å². The maximum atomic E-state index is 13.0. The van der Waals surface area contributed by atoms with Gasteiger partial charge in [-0.25, -0.2) is 8.78 Å². The molecule has 0 N–H and O–H groups in total. The van der Waals surface area contributed by atoms with Crippen LogP contribution in [0.3, 0.4) is 0 Å². The van der Waals surface area contributed by atoms with E-state index in [1.807, 2.05) is 6.92 Å². The van der Waals surface area contributed by atoms with Crippen LogP contribution in [0.4, 0.5) is 8.78 Å². The maximum Gasteiger partial charge on any atom is 0.170 e. The highest BCUT2D eigenvalue weighted by Crippen LogP contribution is 2.30. The minimum Gasteiger partial charge on any atom is -0.294 e. The van der Waals surface area contributed by atoms with E-state index >= 15 is 0 Å². The van der Waals surface area contributed by atoms with Crippen molar-refractivity contribution in [2.45, 2.75) is 27.2 Å². The lowest BCUT2D eigenvalue weighted by atomic mass is 9.82. The zero-order valence-electron chi connectivity index (χ0n) is 9.40. The van der Waals surface area contributed by atoms with Crippen LogP contribution in [0.2, 0.25) is 5.02 Å². The maximum absolute atomic E-state index is 13.0. The molecule has 0 unspecified atom stereocenters. The van der Waals surface area contributed by atoms with Gasteiger partial charge in [0.15, 0.2) is 17.4 Å². The number of Topliss-reactive ketones (excluding diaryl/α,β-unsaturated/α-hetero) is 1. The largest absolute Gasteiger partial charge is 0.294 e. The summed E-state index contributed by atoms with van der Waals surface area (Å²) in [6.07, 6.45) is 0.598. The second-order valence-electron chi connectivity index (χ2n) is 4.31. The molecule has 1 nitrogen and oxygen atoms in total. The van der Waals surface area contributed by atoms with Gasteiger partial charge in [0.05, 0.1) is 5.02 Å². The van der Waals surface area contributed by atoms with Crippen molar-refractivity contribution in [1.29, 1.82) is 0 Å². The molecule has 0 aromatic heterocycles. The average molecular weight is 247 g/mol. The molecular formula is C12H13ClF2O. The van der Waals surface area contributed by atoms with Crippen LogP contribution in [-0.2, 0) is 0 Å². The lowest BCUT2D eigenvalue weighted by Crippen LogP contribution is -2.23. The fourth-order valence-corrected chi connectivity index (χ4v) is 1.46. The van der Waals surface area contributed by atoms with Gasteiger partial charge in [-0.15, -0.1) is 0 Å². The van der Waals surface area contributed by atoms with Gasteiger partial charge in [0, 0.05) is 11.0 Å². The van der Waals surface area contributed by atoms with E-state index in [-0.39, 0.29) is 16.4 Å². The van der Waals surface area contributed by atoms with Crippen LogP contribution in [0.1, 0.15) is 37.6 Å².